The van der Waals surface area contributed by atoms with Gasteiger partial charge >= 0.3 is 0 Å². The Balaban J connectivity index is 1.19. The molecule has 5 nitrogen and oxygen atoms in total. The van der Waals surface area contributed by atoms with E-state index in [1.54, 1.807) is 0 Å². The first-order chi connectivity index (χ1) is 28.7. The van der Waals surface area contributed by atoms with E-state index in [1.807, 2.05) is 18.2 Å². The average molecular weight is 741 g/mol. The monoisotopic (exact) mass is 740 g/mol. The molecule has 0 saturated heterocycles. The summed E-state index contributed by atoms with van der Waals surface area (Å²) in [7, 11) is 0. The lowest BCUT2D eigenvalue weighted by Crippen LogP contribution is -2.07. The Morgan fingerprint density at radius 2 is 0.931 bits per heavy atom. The van der Waals surface area contributed by atoms with Crippen LogP contribution < -0.4 is 0 Å². The van der Waals surface area contributed by atoms with Gasteiger partial charge in [-0.15, -0.1) is 0 Å². The topological polar surface area (TPSA) is 56.7 Å². The van der Waals surface area contributed by atoms with Crippen LogP contribution >= 0.6 is 0 Å². The average Bonchev–Trinajstić information content (AvgIpc) is 3.86. The van der Waals surface area contributed by atoms with Crippen LogP contribution in [0.5, 0.6) is 0 Å². The highest BCUT2D eigenvalue weighted by atomic mass is 16.3. The van der Waals surface area contributed by atoms with Crippen LogP contribution in [0.3, 0.4) is 0 Å². The van der Waals surface area contributed by atoms with Crippen LogP contribution in [0.2, 0.25) is 0 Å². The van der Waals surface area contributed by atoms with Crippen LogP contribution in [-0.2, 0) is 0 Å². The van der Waals surface area contributed by atoms with Gasteiger partial charge in [0.25, 0.3) is 0 Å². The number of rotatable bonds is 5. The number of aromatic nitrogens is 4. The summed E-state index contributed by atoms with van der Waals surface area (Å²) in [5, 5.41) is 8.96. The molecule has 58 heavy (non-hydrogen) atoms. The number of benzene rings is 9. The van der Waals surface area contributed by atoms with Crippen molar-refractivity contribution in [1.82, 2.24) is 19.5 Å². The zero-order chi connectivity index (χ0) is 38.2. The third kappa shape index (κ3) is 5.07. The lowest BCUT2D eigenvalue weighted by molar-refractivity contribution is 0.669. The van der Waals surface area contributed by atoms with Gasteiger partial charge in [-0.05, 0) is 51.0 Å². The minimum atomic E-state index is 0.549. The first-order valence-electron chi connectivity index (χ1n) is 19.5. The zero-order valence-electron chi connectivity index (χ0n) is 31.2. The van der Waals surface area contributed by atoms with E-state index in [1.165, 1.54) is 0 Å². The lowest BCUT2D eigenvalue weighted by Gasteiger charge is -2.14. The maximum absolute atomic E-state index is 6.41. The van der Waals surface area contributed by atoms with Gasteiger partial charge in [0.05, 0.1) is 11.0 Å². The Hall–Kier alpha value is -7.89. The van der Waals surface area contributed by atoms with Crippen molar-refractivity contribution in [2.45, 2.75) is 0 Å². The van der Waals surface area contributed by atoms with Crippen molar-refractivity contribution in [3.63, 3.8) is 0 Å². The predicted molar refractivity (Wildman–Crippen MR) is 238 cm³/mol. The lowest BCUT2D eigenvalue weighted by atomic mass is 9.97. The van der Waals surface area contributed by atoms with Crippen molar-refractivity contribution >= 4 is 65.3 Å². The van der Waals surface area contributed by atoms with Crippen molar-refractivity contribution < 1.29 is 4.42 Å². The molecule has 0 radical (unpaired) electrons. The number of furan rings is 1. The molecule has 0 aliphatic heterocycles. The molecule has 12 rings (SSSR count). The Morgan fingerprint density at radius 3 is 1.79 bits per heavy atom. The van der Waals surface area contributed by atoms with E-state index in [0.717, 1.165) is 98.7 Å². The molecule has 0 saturated carbocycles. The SMILES string of the molecule is c1ccc(-c2ccc(-c3nc(-c4ccc5ccccc5c4)nc(-n4c5c(-c6cccc7oc8ccccc8c67)cccc5c5ccc6ccccc6c54)n3)cc2)cc1. The van der Waals surface area contributed by atoms with Gasteiger partial charge in [0, 0.05) is 43.6 Å². The maximum atomic E-state index is 6.41. The van der Waals surface area contributed by atoms with Crippen LogP contribution in [0.1, 0.15) is 0 Å². The molecule has 0 atom stereocenters. The molecule has 0 spiro atoms. The Bertz CT molecular complexity index is 3560. The van der Waals surface area contributed by atoms with Crippen molar-refractivity contribution in [1.29, 1.82) is 0 Å². The number of nitrogens with zero attached hydrogens (tertiary/aromatic N) is 4. The van der Waals surface area contributed by atoms with Gasteiger partial charge in [-0.3, -0.25) is 4.57 Å². The fraction of sp³-hybridized carbons (Fsp3) is 0. The summed E-state index contributed by atoms with van der Waals surface area (Å²) in [6, 6.07) is 68.0. The maximum Gasteiger partial charge on any atom is 0.238 e. The summed E-state index contributed by atoms with van der Waals surface area (Å²) in [6.45, 7) is 0. The van der Waals surface area contributed by atoms with Gasteiger partial charge in [0.1, 0.15) is 11.2 Å². The second-order valence-corrected chi connectivity index (χ2v) is 14.8. The van der Waals surface area contributed by atoms with Crippen molar-refractivity contribution in [3.05, 3.63) is 194 Å². The van der Waals surface area contributed by atoms with Crippen LogP contribution in [0.15, 0.2) is 199 Å². The number of para-hydroxylation sites is 2. The van der Waals surface area contributed by atoms with Crippen LogP contribution in [0, 0.1) is 0 Å². The zero-order valence-corrected chi connectivity index (χ0v) is 31.2. The molecule has 3 aromatic heterocycles. The van der Waals surface area contributed by atoms with E-state index < -0.39 is 0 Å². The summed E-state index contributed by atoms with van der Waals surface area (Å²) in [6.07, 6.45) is 0. The largest absolute Gasteiger partial charge is 0.456 e. The van der Waals surface area contributed by atoms with Crippen LogP contribution in [0.25, 0.3) is 116 Å². The highest BCUT2D eigenvalue weighted by Gasteiger charge is 2.23. The standard InChI is InChI=1S/C53H32N4O/c1-2-12-33(13-3-1)35-24-27-37(28-25-35)51-54-52(39-29-26-34-14-4-5-16-38(34)32-39)56-53(55-51)57-49-40-17-7-6-15-36(40)30-31-44(49)43-21-10-20-42(50(43)57)41-19-11-23-47-48(41)45-18-8-9-22-46(45)58-47/h1-32H. The molecule has 0 aliphatic rings. The Kier molecular flexibility index (Phi) is 7.16. The number of hydrogen-bond acceptors (Lipinski definition) is 4. The summed E-state index contributed by atoms with van der Waals surface area (Å²) in [5.41, 5.74) is 10.1. The number of hydrogen-bond donors (Lipinski definition) is 0. The molecular weight excluding hydrogens is 709 g/mol. The quantitative estimate of drug-likeness (QED) is 0.176. The molecule has 0 bridgehead atoms. The highest BCUT2D eigenvalue weighted by Crippen LogP contribution is 2.44. The number of fused-ring (bicyclic) bond motifs is 9. The Labute approximate surface area is 333 Å². The molecule has 3 heterocycles. The third-order valence-corrected chi connectivity index (χ3v) is 11.4. The van der Waals surface area contributed by atoms with E-state index >= 15 is 0 Å². The fourth-order valence-electron chi connectivity index (χ4n) is 8.74. The summed E-state index contributed by atoms with van der Waals surface area (Å²) < 4.78 is 8.69. The van der Waals surface area contributed by atoms with E-state index in [-0.39, 0.29) is 0 Å². The molecule has 9 aromatic carbocycles. The molecule has 0 N–H and O–H groups in total. The predicted octanol–water partition coefficient (Wildman–Crippen LogP) is 13.8. The van der Waals surface area contributed by atoms with Gasteiger partial charge in [-0.25, -0.2) is 4.98 Å². The molecule has 0 fully saturated rings. The second-order valence-electron chi connectivity index (χ2n) is 14.8. The van der Waals surface area contributed by atoms with E-state index in [4.69, 9.17) is 19.4 Å². The van der Waals surface area contributed by atoms with Crippen molar-refractivity contribution in [2.75, 3.05) is 0 Å². The van der Waals surface area contributed by atoms with Gasteiger partial charge < -0.3 is 4.42 Å². The molecule has 5 heteroatoms. The minimum Gasteiger partial charge on any atom is -0.456 e. The van der Waals surface area contributed by atoms with E-state index in [9.17, 15) is 0 Å². The highest BCUT2D eigenvalue weighted by molar-refractivity contribution is 6.23. The summed E-state index contributed by atoms with van der Waals surface area (Å²) >= 11 is 0. The molecular formula is C53H32N4O. The van der Waals surface area contributed by atoms with E-state index in [2.05, 4.69) is 180 Å². The van der Waals surface area contributed by atoms with Crippen LogP contribution in [-0.4, -0.2) is 19.5 Å². The van der Waals surface area contributed by atoms with Gasteiger partial charge in [0.15, 0.2) is 11.6 Å². The van der Waals surface area contributed by atoms with Gasteiger partial charge in [-0.1, -0.05) is 176 Å². The minimum absolute atomic E-state index is 0.549. The summed E-state index contributed by atoms with van der Waals surface area (Å²) in [4.78, 5) is 16.0. The smallest absolute Gasteiger partial charge is 0.238 e. The van der Waals surface area contributed by atoms with Crippen molar-refractivity contribution in [2.24, 2.45) is 0 Å². The second kappa shape index (κ2) is 12.8. The van der Waals surface area contributed by atoms with Gasteiger partial charge in [0.2, 0.25) is 5.95 Å². The third-order valence-electron chi connectivity index (χ3n) is 11.4. The molecule has 0 aliphatic carbocycles. The van der Waals surface area contributed by atoms with Crippen LogP contribution in [0.4, 0.5) is 0 Å². The molecule has 12 aromatic rings. The normalized spacial score (nSPS) is 11.8. The van der Waals surface area contributed by atoms with E-state index in [0.29, 0.717) is 17.6 Å². The van der Waals surface area contributed by atoms with Crippen molar-refractivity contribution in [3.8, 4) is 51.0 Å². The first-order valence-corrected chi connectivity index (χ1v) is 19.5. The summed E-state index contributed by atoms with van der Waals surface area (Å²) in [5.74, 6) is 1.75. The molecule has 270 valence electrons. The fourth-order valence-corrected chi connectivity index (χ4v) is 8.74. The molecule has 0 amide bonds. The Morgan fingerprint density at radius 1 is 0.345 bits per heavy atom. The molecule has 0 unspecified atom stereocenters. The first kappa shape index (κ1) is 32.4. The van der Waals surface area contributed by atoms with Gasteiger partial charge in [-0.2, -0.15) is 9.97 Å².